The van der Waals surface area contributed by atoms with Gasteiger partial charge in [-0.05, 0) is 61.2 Å². The number of para-hydroxylation sites is 1. The molecule has 0 radical (unpaired) electrons. The fourth-order valence-electron chi connectivity index (χ4n) is 4.55. The van der Waals surface area contributed by atoms with Crippen molar-refractivity contribution in [1.29, 1.82) is 0 Å². The highest BCUT2D eigenvalue weighted by Crippen LogP contribution is 2.29. The lowest BCUT2D eigenvalue weighted by Crippen LogP contribution is -2.29. The van der Waals surface area contributed by atoms with E-state index in [2.05, 4.69) is 36.1 Å². The van der Waals surface area contributed by atoms with Crippen LogP contribution >= 0.6 is 12.2 Å². The van der Waals surface area contributed by atoms with E-state index < -0.39 is 0 Å². The molecule has 0 N–H and O–H groups in total. The second kappa shape index (κ2) is 9.82. The van der Waals surface area contributed by atoms with Gasteiger partial charge in [0.2, 0.25) is 10.5 Å². The molecule has 2 aromatic heterocycles. The smallest absolute Gasteiger partial charge is 0.262 e. The van der Waals surface area contributed by atoms with Gasteiger partial charge in [0.15, 0.2) is 0 Å². The number of aryl methyl sites for hydroxylation is 2. The van der Waals surface area contributed by atoms with E-state index in [0.29, 0.717) is 41.8 Å². The molecule has 0 saturated heterocycles. The molecule has 1 fully saturated rings. The maximum Gasteiger partial charge on any atom is 0.262 e. The molecule has 0 aliphatic heterocycles. The highest BCUT2D eigenvalue weighted by molar-refractivity contribution is 7.71. The van der Waals surface area contributed by atoms with E-state index in [0.717, 1.165) is 24.9 Å². The summed E-state index contributed by atoms with van der Waals surface area (Å²) in [5.74, 6) is 0.591. The van der Waals surface area contributed by atoms with Crippen molar-refractivity contribution < 1.29 is 4.74 Å². The topological polar surface area (TPSA) is 56.7 Å². The molecule has 1 aliphatic carbocycles. The largest absolute Gasteiger partial charge is 0.385 e. The summed E-state index contributed by atoms with van der Waals surface area (Å²) in [4.78, 5) is 15.7. The van der Waals surface area contributed by atoms with Crippen molar-refractivity contribution >= 4 is 28.9 Å². The number of hydrogen-bond donors (Lipinski definition) is 0. The van der Waals surface area contributed by atoms with Crippen LogP contribution in [0.5, 0.6) is 0 Å². The Labute approximate surface area is 204 Å². The van der Waals surface area contributed by atoms with Crippen LogP contribution in [0.1, 0.15) is 37.3 Å². The molecule has 2 heterocycles. The summed E-state index contributed by atoms with van der Waals surface area (Å²) in [7, 11) is 1.67. The molecule has 178 valence electrons. The first-order valence-electron chi connectivity index (χ1n) is 12.0. The van der Waals surface area contributed by atoms with E-state index in [9.17, 15) is 4.79 Å². The Hall–Kier alpha value is -2.81. The van der Waals surface area contributed by atoms with Crippen LogP contribution in [0.2, 0.25) is 0 Å². The average molecular weight is 478 g/mol. The Morgan fingerprint density at radius 2 is 1.85 bits per heavy atom. The van der Waals surface area contributed by atoms with Crippen molar-refractivity contribution in [3.63, 3.8) is 0 Å². The molecular formula is C26H31N5O2S. The highest BCUT2D eigenvalue weighted by Gasteiger charge is 2.30. The van der Waals surface area contributed by atoms with Crippen molar-refractivity contribution in [2.75, 3.05) is 13.7 Å². The zero-order valence-corrected chi connectivity index (χ0v) is 20.6. The number of rotatable bonds is 10. The molecule has 34 heavy (non-hydrogen) atoms. The Morgan fingerprint density at radius 3 is 2.56 bits per heavy atom. The van der Waals surface area contributed by atoms with Gasteiger partial charge in [0.1, 0.15) is 0 Å². The minimum absolute atomic E-state index is 0.0404. The summed E-state index contributed by atoms with van der Waals surface area (Å²) in [6.45, 7) is 4.74. The lowest BCUT2D eigenvalue weighted by molar-refractivity contribution is 0.186. The maximum atomic E-state index is 13.3. The van der Waals surface area contributed by atoms with E-state index in [1.165, 1.54) is 24.0 Å². The zero-order chi connectivity index (χ0) is 23.7. The molecule has 1 saturated carbocycles. The summed E-state index contributed by atoms with van der Waals surface area (Å²) in [5.41, 5.74) is 3.40. The normalized spacial score (nSPS) is 14.0. The predicted octanol–water partition coefficient (Wildman–Crippen LogP) is 4.40. The van der Waals surface area contributed by atoms with Crippen LogP contribution in [0.25, 0.3) is 16.7 Å². The third-order valence-corrected chi connectivity index (χ3v) is 7.00. The van der Waals surface area contributed by atoms with Gasteiger partial charge < -0.3 is 4.74 Å². The predicted molar refractivity (Wildman–Crippen MR) is 137 cm³/mol. The third-order valence-electron chi connectivity index (χ3n) is 6.61. The number of benzene rings is 2. The molecule has 5 rings (SSSR count). The first-order valence-corrected chi connectivity index (χ1v) is 12.4. The molecule has 0 unspecified atom stereocenters. The summed E-state index contributed by atoms with van der Waals surface area (Å²) in [6, 6.07) is 17.0. The van der Waals surface area contributed by atoms with Crippen LogP contribution in [0.3, 0.4) is 0 Å². The van der Waals surface area contributed by atoms with Crippen LogP contribution in [-0.4, -0.2) is 43.4 Å². The number of aromatic nitrogens is 4. The lowest BCUT2D eigenvalue weighted by atomic mass is 10.1. The van der Waals surface area contributed by atoms with Gasteiger partial charge in [-0.15, -0.1) is 5.10 Å². The highest BCUT2D eigenvalue weighted by atomic mass is 32.1. The fraction of sp³-hybridized carbons (Fsp3) is 0.423. The first kappa shape index (κ1) is 23.0. The molecule has 0 amide bonds. The van der Waals surface area contributed by atoms with Crippen molar-refractivity contribution in [2.24, 2.45) is 0 Å². The fourth-order valence-corrected chi connectivity index (χ4v) is 4.83. The van der Waals surface area contributed by atoms with Crippen molar-refractivity contribution in [1.82, 2.24) is 23.6 Å². The number of hydrogen-bond acceptors (Lipinski definition) is 5. The van der Waals surface area contributed by atoms with Gasteiger partial charge in [0, 0.05) is 32.8 Å². The Bertz CT molecular complexity index is 1420. The molecule has 7 nitrogen and oxygen atoms in total. The molecule has 4 aromatic rings. The summed E-state index contributed by atoms with van der Waals surface area (Å²) in [6.07, 6.45) is 4.16. The molecule has 0 atom stereocenters. The number of methoxy groups -OCH3 is 1. The van der Waals surface area contributed by atoms with E-state index in [1.54, 1.807) is 11.7 Å². The SMILES string of the molecule is CCc1ccc(CN(Cn2nc3n(CCCOC)c(=O)c4ccccc4n3c2=S)C2CC2)cc1. The standard InChI is InChI=1S/C26H31N5O2S/c1-3-19-9-11-20(12-10-19)17-28(21-13-14-21)18-30-26(34)31-23-8-5-4-7-22(23)24(32)29(25(31)27-30)15-6-16-33-2/h4-5,7-12,21H,3,6,13-18H2,1-2H3. The van der Waals surface area contributed by atoms with Gasteiger partial charge in [0.25, 0.3) is 5.56 Å². The second-order valence-corrected chi connectivity index (χ2v) is 9.39. The zero-order valence-electron chi connectivity index (χ0n) is 19.8. The van der Waals surface area contributed by atoms with Crippen molar-refractivity contribution in [3.05, 3.63) is 74.8 Å². The van der Waals surface area contributed by atoms with Crippen molar-refractivity contribution in [3.8, 4) is 0 Å². The molecular weight excluding hydrogens is 446 g/mol. The van der Waals surface area contributed by atoms with Crippen LogP contribution in [0.15, 0.2) is 53.3 Å². The molecule has 8 heteroatoms. The minimum Gasteiger partial charge on any atom is -0.385 e. The van der Waals surface area contributed by atoms with E-state index >= 15 is 0 Å². The summed E-state index contributed by atoms with van der Waals surface area (Å²) >= 11 is 5.91. The first-order chi connectivity index (χ1) is 16.6. The Morgan fingerprint density at radius 1 is 1.12 bits per heavy atom. The van der Waals surface area contributed by atoms with Gasteiger partial charge in [-0.1, -0.05) is 43.3 Å². The van der Waals surface area contributed by atoms with E-state index in [-0.39, 0.29) is 5.56 Å². The van der Waals surface area contributed by atoms with Crippen LogP contribution in [-0.2, 0) is 30.9 Å². The molecule has 2 aromatic carbocycles. The minimum atomic E-state index is -0.0404. The van der Waals surface area contributed by atoms with Crippen LogP contribution in [0, 0.1) is 4.77 Å². The van der Waals surface area contributed by atoms with Gasteiger partial charge >= 0.3 is 0 Å². The van der Waals surface area contributed by atoms with E-state index in [4.69, 9.17) is 22.1 Å². The number of ether oxygens (including phenoxy) is 1. The van der Waals surface area contributed by atoms with Crippen LogP contribution in [0.4, 0.5) is 0 Å². The molecule has 0 bridgehead atoms. The lowest BCUT2D eigenvalue weighted by Gasteiger charge is -2.21. The third kappa shape index (κ3) is 4.45. The monoisotopic (exact) mass is 477 g/mol. The van der Waals surface area contributed by atoms with Gasteiger partial charge in [-0.3, -0.25) is 18.7 Å². The van der Waals surface area contributed by atoms with Gasteiger partial charge in [-0.2, -0.15) is 0 Å². The number of nitrogens with zero attached hydrogens (tertiary/aromatic N) is 5. The van der Waals surface area contributed by atoms with Gasteiger partial charge in [-0.25, -0.2) is 4.68 Å². The van der Waals surface area contributed by atoms with Crippen molar-refractivity contribution in [2.45, 2.75) is 58.4 Å². The second-order valence-electron chi connectivity index (χ2n) is 9.03. The van der Waals surface area contributed by atoms with E-state index in [1.807, 2.05) is 33.3 Å². The Kier molecular flexibility index (Phi) is 6.63. The Balaban J connectivity index is 1.54. The quantitative estimate of drug-likeness (QED) is 0.250. The summed E-state index contributed by atoms with van der Waals surface area (Å²) < 4.78 is 11.4. The average Bonchev–Trinajstić information content (AvgIpc) is 3.66. The molecule has 0 spiro atoms. The number of fused-ring (bicyclic) bond motifs is 3. The van der Waals surface area contributed by atoms with Crippen LogP contribution < -0.4 is 5.56 Å². The van der Waals surface area contributed by atoms with Gasteiger partial charge in [0.05, 0.1) is 17.6 Å². The summed E-state index contributed by atoms with van der Waals surface area (Å²) in [5, 5.41) is 5.53. The maximum absolute atomic E-state index is 13.3. The molecule has 1 aliphatic rings.